The highest BCUT2D eigenvalue weighted by Gasteiger charge is 2.34. The van der Waals surface area contributed by atoms with Crippen LogP contribution in [0.15, 0.2) is 0 Å². The molecular weight excluding hydrogens is 242 g/mol. The summed E-state index contributed by atoms with van der Waals surface area (Å²) in [6.07, 6.45) is 5.93. The summed E-state index contributed by atoms with van der Waals surface area (Å²) >= 11 is 0. The molecule has 0 aromatic rings. The number of hydrogen-bond acceptors (Lipinski definition) is 4. The van der Waals surface area contributed by atoms with E-state index in [2.05, 4.69) is 5.32 Å². The number of ether oxygens (including phenoxy) is 2. The van der Waals surface area contributed by atoms with E-state index in [1.165, 1.54) is 19.3 Å². The third-order valence-corrected chi connectivity index (χ3v) is 4.13. The molecule has 1 rings (SSSR count). The number of nitrogens with one attached hydrogen (secondary N) is 1. The quantitative estimate of drug-likeness (QED) is 0.655. The zero-order chi connectivity index (χ0) is 14.3. The largest absolute Gasteiger partial charge is 0.465 e. The SMILES string of the molecule is CCOC(=O)C(C)(CC(C)OCCC1CCC1)NC. The molecule has 4 heteroatoms. The number of carbonyl (C=O) groups is 1. The molecule has 1 aliphatic carbocycles. The van der Waals surface area contributed by atoms with Crippen molar-refractivity contribution in [3.05, 3.63) is 0 Å². The number of carbonyl (C=O) groups excluding carboxylic acids is 1. The lowest BCUT2D eigenvalue weighted by Gasteiger charge is -2.30. The lowest BCUT2D eigenvalue weighted by molar-refractivity contribution is -0.152. The molecule has 0 aromatic heterocycles. The first-order valence-corrected chi connectivity index (χ1v) is 7.49. The van der Waals surface area contributed by atoms with Crippen LogP contribution in [-0.4, -0.2) is 37.9 Å². The van der Waals surface area contributed by atoms with Gasteiger partial charge in [0.2, 0.25) is 0 Å². The van der Waals surface area contributed by atoms with Gasteiger partial charge in [-0.3, -0.25) is 4.79 Å². The van der Waals surface area contributed by atoms with Crippen LogP contribution in [0.4, 0.5) is 0 Å². The van der Waals surface area contributed by atoms with Gasteiger partial charge in [0.15, 0.2) is 0 Å². The average molecular weight is 271 g/mol. The van der Waals surface area contributed by atoms with E-state index in [0.29, 0.717) is 13.0 Å². The van der Waals surface area contributed by atoms with Crippen molar-refractivity contribution in [3.8, 4) is 0 Å². The third kappa shape index (κ3) is 5.11. The topological polar surface area (TPSA) is 47.6 Å². The van der Waals surface area contributed by atoms with E-state index in [9.17, 15) is 4.79 Å². The number of esters is 1. The summed E-state index contributed by atoms with van der Waals surface area (Å²) in [5.74, 6) is 0.667. The highest BCUT2D eigenvalue weighted by Crippen LogP contribution is 2.29. The fourth-order valence-electron chi connectivity index (χ4n) is 2.43. The molecule has 0 saturated heterocycles. The second-order valence-corrected chi connectivity index (χ2v) is 5.77. The van der Waals surface area contributed by atoms with Crippen LogP contribution in [0.2, 0.25) is 0 Å². The normalized spacial score (nSPS) is 20.4. The van der Waals surface area contributed by atoms with Gasteiger partial charge in [0.05, 0.1) is 12.7 Å². The smallest absolute Gasteiger partial charge is 0.326 e. The monoisotopic (exact) mass is 271 g/mol. The third-order valence-electron chi connectivity index (χ3n) is 4.13. The van der Waals surface area contributed by atoms with Crippen molar-refractivity contribution in [2.75, 3.05) is 20.3 Å². The molecule has 1 aliphatic rings. The minimum atomic E-state index is -0.661. The Labute approximate surface area is 117 Å². The number of rotatable bonds is 9. The second-order valence-electron chi connectivity index (χ2n) is 5.77. The van der Waals surface area contributed by atoms with Crippen LogP contribution >= 0.6 is 0 Å². The van der Waals surface area contributed by atoms with E-state index in [4.69, 9.17) is 9.47 Å². The lowest BCUT2D eigenvalue weighted by Crippen LogP contribution is -2.50. The van der Waals surface area contributed by atoms with Crippen LogP contribution in [0.1, 0.15) is 52.9 Å². The van der Waals surface area contributed by atoms with Gasteiger partial charge in [0, 0.05) is 13.0 Å². The summed E-state index contributed by atoms with van der Waals surface area (Å²) in [7, 11) is 1.79. The van der Waals surface area contributed by atoms with Crippen LogP contribution in [0, 0.1) is 5.92 Å². The molecule has 0 radical (unpaired) electrons. The zero-order valence-electron chi connectivity index (χ0n) is 12.8. The van der Waals surface area contributed by atoms with Crippen molar-refractivity contribution in [3.63, 3.8) is 0 Å². The van der Waals surface area contributed by atoms with Crippen molar-refractivity contribution in [1.82, 2.24) is 5.32 Å². The van der Waals surface area contributed by atoms with E-state index in [1.807, 2.05) is 20.8 Å². The van der Waals surface area contributed by atoms with Crippen molar-refractivity contribution in [2.24, 2.45) is 5.92 Å². The van der Waals surface area contributed by atoms with Crippen molar-refractivity contribution in [2.45, 2.75) is 64.5 Å². The molecule has 4 nitrogen and oxygen atoms in total. The van der Waals surface area contributed by atoms with Gasteiger partial charge in [-0.15, -0.1) is 0 Å². The summed E-state index contributed by atoms with van der Waals surface area (Å²) in [6.45, 7) is 6.93. The summed E-state index contributed by atoms with van der Waals surface area (Å²) < 4.78 is 10.9. The van der Waals surface area contributed by atoms with Gasteiger partial charge >= 0.3 is 5.97 Å². The van der Waals surface area contributed by atoms with Gasteiger partial charge in [0.1, 0.15) is 5.54 Å². The van der Waals surface area contributed by atoms with Crippen LogP contribution in [0.3, 0.4) is 0 Å². The molecule has 0 aromatic carbocycles. The lowest BCUT2D eigenvalue weighted by atomic mass is 9.83. The van der Waals surface area contributed by atoms with E-state index >= 15 is 0 Å². The molecule has 112 valence electrons. The Kier molecular flexibility index (Phi) is 6.80. The Bertz CT molecular complexity index is 279. The first-order chi connectivity index (χ1) is 9.01. The van der Waals surface area contributed by atoms with Crippen molar-refractivity contribution in [1.29, 1.82) is 0 Å². The predicted molar refractivity (Wildman–Crippen MR) is 76.1 cm³/mol. The van der Waals surface area contributed by atoms with Crippen molar-refractivity contribution >= 4 is 5.97 Å². The van der Waals surface area contributed by atoms with Gasteiger partial charge < -0.3 is 14.8 Å². The minimum absolute atomic E-state index is 0.0573. The molecule has 1 saturated carbocycles. The summed E-state index contributed by atoms with van der Waals surface area (Å²) in [4.78, 5) is 11.9. The van der Waals surface area contributed by atoms with Gasteiger partial charge in [-0.25, -0.2) is 0 Å². The molecule has 0 amide bonds. The van der Waals surface area contributed by atoms with Gasteiger partial charge in [-0.05, 0) is 40.2 Å². The van der Waals surface area contributed by atoms with E-state index in [-0.39, 0.29) is 12.1 Å². The number of hydrogen-bond donors (Lipinski definition) is 1. The molecule has 0 aliphatic heterocycles. The van der Waals surface area contributed by atoms with Crippen molar-refractivity contribution < 1.29 is 14.3 Å². The molecule has 1 fully saturated rings. The molecule has 19 heavy (non-hydrogen) atoms. The minimum Gasteiger partial charge on any atom is -0.465 e. The van der Waals surface area contributed by atoms with Gasteiger partial charge in [-0.1, -0.05) is 19.3 Å². The summed E-state index contributed by atoms with van der Waals surface area (Å²) in [5.41, 5.74) is -0.661. The Morgan fingerprint density at radius 3 is 2.63 bits per heavy atom. The molecule has 0 heterocycles. The fourth-order valence-corrected chi connectivity index (χ4v) is 2.43. The van der Waals surface area contributed by atoms with E-state index < -0.39 is 5.54 Å². The highest BCUT2D eigenvalue weighted by molar-refractivity contribution is 5.80. The van der Waals surface area contributed by atoms with Crippen LogP contribution in [-0.2, 0) is 14.3 Å². The predicted octanol–water partition coefficient (Wildman–Crippen LogP) is 2.51. The number of likely N-dealkylation sites (N-methyl/N-ethyl adjacent to an activating group) is 1. The maximum Gasteiger partial charge on any atom is 0.326 e. The molecule has 0 bridgehead atoms. The summed E-state index contributed by atoms with van der Waals surface area (Å²) in [5, 5.41) is 3.06. The summed E-state index contributed by atoms with van der Waals surface area (Å²) in [6, 6.07) is 0. The molecule has 1 N–H and O–H groups in total. The molecular formula is C15H29NO3. The maximum absolute atomic E-state index is 11.9. The molecule has 2 atom stereocenters. The van der Waals surface area contributed by atoms with Crippen LogP contribution < -0.4 is 5.32 Å². The standard InChI is InChI=1S/C15H29NO3/c1-5-18-14(17)15(3,16-4)11-12(2)19-10-9-13-7-6-8-13/h12-13,16H,5-11H2,1-4H3. The average Bonchev–Trinajstić information content (AvgIpc) is 2.32. The maximum atomic E-state index is 11.9. The Morgan fingerprint density at radius 2 is 2.16 bits per heavy atom. The van der Waals surface area contributed by atoms with Gasteiger partial charge in [-0.2, -0.15) is 0 Å². The van der Waals surface area contributed by atoms with Crippen LogP contribution in [0.25, 0.3) is 0 Å². The Balaban J connectivity index is 2.29. The van der Waals surface area contributed by atoms with Crippen LogP contribution in [0.5, 0.6) is 0 Å². The Hall–Kier alpha value is -0.610. The molecule has 0 spiro atoms. The first kappa shape index (κ1) is 16.4. The first-order valence-electron chi connectivity index (χ1n) is 7.49. The van der Waals surface area contributed by atoms with E-state index in [0.717, 1.165) is 18.9 Å². The highest BCUT2D eigenvalue weighted by atomic mass is 16.5. The Morgan fingerprint density at radius 1 is 1.47 bits per heavy atom. The van der Waals surface area contributed by atoms with Gasteiger partial charge in [0.25, 0.3) is 0 Å². The fraction of sp³-hybridized carbons (Fsp3) is 0.933. The second kappa shape index (κ2) is 7.85. The molecule has 2 unspecified atom stereocenters. The zero-order valence-corrected chi connectivity index (χ0v) is 12.8. The van der Waals surface area contributed by atoms with E-state index in [1.54, 1.807) is 7.05 Å².